The van der Waals surface area contributed by atoms with E-state index in [1.807, 2.05) is 56.3 Å². The zero-order valence-electron chi connectivity index (χ0n) is 16.5. The fourth-order valence-corrected chi connectivity index (χ4v) is 3.97. The molecule has 0 unspecified atom stereocenters. The zero-order valence-corrected chi connectivity index (χ0v) is 17.3. The van der Waals surface area contributed by atoms with E-state index in [0.29, 0.717) is 6.61 Å². The minimum Gasteiger partial charge on any atom is -0.494 e. The van der Waals surface area contributed by atoms with E-state index in [1.54, 1.807) is 11.8 Å². The number of unbranched alkanes of at least 4 members (excludes halogenated alkanes) is 1. The molecule has 0 fully saturated rings. The molecule has 6 heteroatoms. The van der Waals surface area contributed by atoms with Gasteiger partial charge in [0.1, 0.15) is 5.75 Å². The van der Waals surface area contributed by atoms with Crippen molar-refractivity contribution in [2.24, 2.45) is 0 Å². The fraction of sp³-hybridized carbons (Fsp3) is 0.364. The van der Waals surface area contributed by atoms with Crippen LogP contribution in [0.25, 0.3) is 0 Å². The molecule has 0 spiro atoms. The van der Waals surface area contributed by atoms with Crippen LogP contribution in [0.1, 0.15) is 39.2 Å². The summed E-state index contributed by atoms with van der Waals surface area (Å²) in [4.78, 5) is 24.2. The Morgan fingerprint density at radius 1 is 1.14 bits per heavy atom. The van der Waals surface area contributed by atoms with Gasteiger partial charge in [-0.05, 0) is 80.5 Å². The molecule has 1 heterocycles. The van der Waals surface area contributed by atoms with Crippen LogP contribution in [0.3, 0.4) is 0 Å². The number of hydrogen-bond acceptors (Lipinski definition) is 4. The van der Waals surface area contributed by atoms with Gasteiger partial charge < -0.3 is 15.4 Å². The van der Waals surface area contributed by atoms with Gasteiger partial charge in [-0.3, -0.25) is 9.59 Å². The number of benzene rings is 2. The average molecular weight is 399 g/mol. The Bertz CT molecular complexity index is 863. The third-order valence-corrected chi connectivity index (χ3v) is 5.83. The molecule has 0 saturated carbocycles. The first-order valence-electron chi connectivity index (χ1n) is 9.45. The van der Waals surface area contributed by atoms with Gasteiger partial charge in [0.15, 0.2) is 0 Å². The summed E-state index contributed by atoms with van der Waals surface area (Å²) in [5.74, 6) is 1.79. The summed E-state index contributed by atoms with van der Waals surface area (Å²) in [6, 6.07) is 13.7. The number of amides is 2. The lowest BCUT2D eigenvalue weighted by Gasteiger charge is -2.16. The third kappa shape index (κ3) is 4.87. The molecule has 0 saturated heterocycles. The number of hydrogen-bond donors (Lipinski definition) is 2. The summed E-state index contributed by atoms with van der Waals surface area (Å²) in [5.41, 5.74) is 2.18. The lowest BCUT2D eigenvalue weighted by Crippen LogP contribution is -2.26. The highest BCUT2D eigenvalue weighted by Crippen LogP contribution is 2.39. The SMILES string of the molecule is CC(=O)Nc1ccc(SCCCCOc2ccc3c(c2)C(C)(C)C(=O)N3)cc1. The Kier molecular flexibility index (Phi) is 6.29. The van der Waals surface area contributed by atoms with Crippen molar-refractivity contribution in [1.82, 2.24) is 0 Å². The molecule has 0 aromatic heterocycles. The van der Waals surface area contributed by atoms with Gasteiger partial charge >= 0.3 is 0 Å². The molecule has 2 aromatic carbocycles. The van der Waals surface area contributed by atoms with E-state index < -0.39 is 5.41 Å². The largest absolute Gasteiger partial charge is 0.494 e. The van der Waals surface area contributed by atoms with E-state index in [9.17, 15) is 9.59 Å². The number of ether oxygens (including phenoxy) is 1. The minimum atomic E-state index is -0.513. The van der Waals surface area contributed by atoms with Crippen molar-refractivity contribution < 1.29 is 14.3 Å². The maximum absolute atomic E-state index is 12.0. The van der Waals surface area contributed by atoms with Crippen LogP contribution in [0.5, 0.6) is 5.75 Å². The Morgan fingerprint density at radius 3 is 2.61 bits per heavy atom. The van der Waals surface area contributed by atoms with E-state index in [2.05, 4.69) is 10.6 Å². The van der Waals surface area contributed by atoms with Gasteiger partial charge in [-0.15, -0.1) is 11.8 Å². The molecule has 2 amide bonds. The van der Waals surface area contributed by atoms with Crippen molar-refractivity contribution >= 4 is 35.0 Å². The maximum atomic E-state index is 12.0. The van der Waals surface area contributed by atoms with Crippen LogP contribution in [0, 0.1) is 0 Å². The first-order chi connectivity index (χ1) is 13.4. The quantitative estimate of drug-likeness (QED) is 0.494. The number of rotatable bonds is 8. The average Bonchev–Trinajstić information content (AvgIpc) is 2.88. The third-order valence-electron chi connectivity index (χ3n) is 4.73. The van der Waals surface area contributed by atoms with Gasteiger partial charge in [0.2, 0.25) is 11.8 Å². The molecule has 2 N–H and O–H groups in total. The van der Waals surface area contributed by atoms with Crippen LogP contribution >= 0.6 is 11.8 Å². The number of anilines is 2. The van der Waals surface area contributed by atoms with Crippen LogP contribution in [-0.2, 0) is 15.0 Å². The summed E-state index contributed by atoms with van der Waals surface area (Å²) in [6.07, 6.45) is 2.02. The molecular weight excluding hydrogens is 372 g/mol. The summed E-state index contributed by atoms with van der Waals surface area (Å²) in [7, 11) is 0. The number of nitrogens with one attached hydrogen (secondary N) is 2. The van der Waals surface area contributed by atoms with E-state index in [4.69, 9.17) is 4.74 Å². The van der Waals surface area contributed by atoms with Crippen LogP contribution in [0.15, 0.2) is 47.4 Å². The highest BCUT2D eigenvalue weighted by atomic mass is 32.2. The molecule has 0 bridgehead atoms. The predicted octanol–water partition coefficient (Wildman–Crippen LogP) is 4.83. The monoisotopic (exact) mass is 398 g/mol. The molecule has 5 nitrogen and oxygen atoms in total. The van der Waals surface area contributed by atoms with Crippen molar-refractivity contribution in [3.8, 4) is 5.75 Å². The van der Waals surface area contributed by atoms with Crippen LogP contribution in [0.2, 0.25) is 0 Å². The van der Waals surface area contributed by atoms with Crippen LogP contribution in [0.4, 0.5) is 11.4 Å². The van der Waals surface area contributed by atoms with E-state index in [-0.39, 0.29) is 11.8 Å². The number of carbonyl (C=O) groups is 2. The Morgan fingerprint density at radius 2 is 1.89 bits per heavy atom. The molecule has 28 heavy (non-hydrogen) atoms. The first kappa shape index (κ1) is 20.3. The van der Waals surface area contributed by atoms with Gasteiger partial charge in [0.05, 0.1) is 12.0 Å². The van der Waals surface area contributed by atoms with Gasteiger partial charge in [0.25, 0.3) is 0 Å². The molecule has 1 aliphatic heterocycles. The van der Waals surface area contributed by atoms with Crippen molar-refractivity contribution in [3.63, 3.8) is 0 Å². The summed E-state index contributed by atoms with van der Waals surface area (Å²) >= 11 is 1.80. The van der Waals surface area contributed by atoms with E-state index >= 15 is 0 Å². The standard InChI is InChI=1S/C22H26N2O3S/c1-15(25)23-16-6-9-18(10-7-16)28-13-5-4-12-27-17-8-11-20-19(14-17)22(2,3)21(26)24-20/h6-11,14H,4-5,12-13H2,1-3H3,(H,23,25)(H,24,26). The second kappa shape index (κ2) is 8.69. The zero-order chi connectivity index (χ0) is 20.1. The minimum absolute atomic E-state index is 0.0294. The van der Waals surface area contributed by atoms with Crippen molar-refractivity contribution in [2.45, 2.75) is 43.9 Å². The Balaban J connectivity index is 1.38. The van der Waals surface area contributed by atoms with E-state index in [1.165, 1.54) is 11.8 Å². The summed E-state index contributed by atoms with van der Waals surface area (Å²) in [5, 5.41) is 5.68. The molecule has 0 radical (unpaired) electrons. The molecule has 1 aliphatic rings. The van der Waals surface area contributed by atoms with Crippen molar-refractivity contribution in [1.29, 1.82) is 0 Å². The molecule has 148 valence electrons. The smallest absolute Gasteiger partial charge is 0.234 e. The summed E-state index contributed by atoms with van der Waals surface area (Å²) < 4.78 is 5.88. The van der Waals surface area contributed by atoms with Crippen molar-refractivity contribution in [2.75, 3.05) is 23.0 Å². The fourth-order valence-electron chi connectivity index (χ4n) is 3.06. The Labute approximate surface area is 170 Å². The second-order valence-corrected chi connectivity index (χ2v) is 8.56. The lowest BCUT2D eigenvalue weighted by atomic mass is 9.86. The van der Waals surface area contributed by atoms with Crippen LogP contribution < -0.4 is 15.4 Å². The number of carbonyl (C=O) groups excluding carboxylic acids is 2. The molecule has 0 aliphatic carbocycles. The highest BCUT2D eigenvalue weighted by molar-refractivity contribution is 7.99. The second-order valence-electron chi connectivity index (χ2n) is 7.40. The molecule has 2 aromatic rings. The van der Waals surface area contributed by atoms with Gasteiger partial charge in [-0.2, -0.15) is 0 Å². The Hall–Kier alpha value is -2.47. The molecular formula is C22H26N2O3S. The summed E-state index contributed by atoms with van der Waals surface area (Å²) in [6.45, 7) is 6.02. The number of thioether (sulfide) groups is 1. The molecule has 3 rings (SSSR count). The number of fused-ring (bicyclic) bond motifs is 1. The predicted molar refractivity (Wildman–Crippen MR) is 114 cm³/mol. The van der Waals surface area contributed by atoms with Gasteiger partial charge in [0, 0.05) is 23.2 Å². The topological polar surface area (TPSA) is 67.4 Å². The maximum Gasteiger partial charge on any atom is 0.234 e. The van der Waals surface area contributed by atoms with E-state index in [0.717, 1.165) is 41.3 Å². The first-order valence-corrected chi connectivity index (χ1v) is 10.4. The lowest BCUT2D eigenvalue weighted by molar-refractivity contribution is -0.119. The van der Waals surface area contributed by atoms with Crippen LogP contribution in [-0.4, -0.2) is 24.2 Å². The normalized spacial score (nSPS) is 14.3. The molecule has 0 atom stereocenters. The van der Waals surface area contributed by atoms with Crippen molar-refractivity contribution in [3.05, 3.63) is 48.0 Å². The van der Waals surface area contributed by atoms with Gasteiger partial charge in [-0.25, -0.2) is 0 Å². The highest BCUT2D eigenvalue weighted by Gasteiger charge is 2.38. The van der Waals surface area contributed by atoms with Gasteiger partial charge in [-0.1, -0.05) is 0 Å².